The van der Waals surface area contributed by atoms with Crippen molar-refractivity contribution in [2.24, 2.45) is 0 Å². The number of carbonyl (C=O) groups is 3. The number of anilines is 1. The van der Waals surface area contributed by atoms with Gasteiger partial charge in [-0.15, -0.1) is 0 Å². The molecule has 0 aliphatic carbocycles. The Morgan fingerprint density at radius 2 is 1.86 bits per heavy atom. The lowest BCUT2D eigenvalue weighted by molar-refractivity contribution is -0.122. The number of carbonyl (C=O) groups excluding carboxylic acids is 3. The van der Waals surface area contributed by atoms with E-state index < -0.39 is 18.1 Å². The van der Waals surface area contributed by atoms with E-state index in [1.807, 2.05) is 18.2 Å². The number of aromatic nitrogens is 1. The van der Waals surface area contributed by atoms with Gasteiger partial charge in [-0.3, -0.25) is 14.6 Å². The summed E-state index contributed by atoms with van der Waals surface area (Å²) in [5, 5.41) is 5.63. The molecule has 8 heteroatoms. The molecule has 1 saturated heterocycles. The number of hydrogen-bond acceptors (Lipinski definition) is 5. The Labute approximate surface area is 161 Å². The van der Waals surface area contributed by atoms with Crippen molar-refractivity contribution in [2.45, 2.75) is 18.6 Å². The van der Waals surface area contributed by atoms with Crippen LogP contribution in [0.15, 0.2) is 66.6 Å². The predicted octanol–water partition coefficient (Wildman–Crippen LogP) is 1.02. The number of amides is 4. The molecule has 0 radical (unpaired) electrons. The van der Waals surface area contributed by atoms with Crippen molar-refractivity contribution in [3.8, 4) is 0 Å². The van der Waals surface area contributed by atoms with Crippen LogP contribution in [-0.2, 0) is 16.1 Å². The number of nitrogens with zero attached hydrogens (tertiary/aromatic N) is 3. The smallest absolute Gasteiger partial charge is 0.329 e. The van der Waals surface area contributed by atoms with E-state index in [0.29, 0.717) is 17.8 Å². The Balaban J connectivity index is 1.51. The van der Waals surface area contributed by atoms with E-state index in [0.717, 1.165) is 10.5 Å². The molecule has 2 N–H and O–H groups in total. The van der Waals surface area contributed by atoms with Gasteiger partial charge in [-0.25, -0.2) is 9.69 Å². The number of rotatable bonds is 4. The van der Waals surface area contributed by atoms with Gasteiger partial charge in [0.05, 0.1) is 17.3 Å². The Morgan fingerprint density at radius 1 is 1.14 bits per heavy atom. The monoisotopic (exact) mass is 377 g/mol. The molecule has 4 amide bonds. The van der Waals surface area contributed by atoms with Crippen LogP contribution in [0.5, 0.6) is 0 Å². The molecule has 2 aromatic rings. The summed E-state index contributed by atoms with van der Waals surface area (Å²) in [5.74, 6) is -0.687. The highest BCUT2D eigenvalue weighted by atomic mass is 16.2. The molecule has 1 aromatic heterocycles. The first-order valence-corrected chi connectivity index (χ1v) is 8.86. The fourth-order valence-corrected chi connectivity index (χ4v) is 3.50. The van der Waals surface area contributed by atoms with E-state index in [1.165, 1.54) is 0 Å². The third-order valence-corrected chi connectivity index (χ3v) is 4.87. The lowest BCUT2D eigenvalue weighted by Crippen LogP contribution is -2.65. The molecular weight excluding hydrogens is 358 g/mol. The second-order valence-electron chi connectivity index (χ2n) is 6.67. The molecule has 3 heterocycles. The Morgan fingerprint density at radius 3 is 2.57 bits per heavy atom. The summed E-state index contributed by atoms with van der Waals surface area (Å²) in [4.78, 5) is 45.1. The van der Waals surface area contributed by atoms with E-state index in [1.54, 1.807) is 54.8 Å². The largest absolute Gasteiger partial charge is 0.366 e. The van der Waals surface area contributed by atoms with Gasteiger partial charge in [-0.2, -0.15) is 0 Å². The number of fused-ring (bicyclic) bond motifs is 1. The van der Waals surface area contributed by atoms with Crippen LogP contribution < -0.4 is 15.5 Å². The maximum absolute atomic E-state index is 13.0. The van der Waals surface area contributed by atoms with Crippen LogP contribution >= 0.6 is 0 Å². The quantitative estimate of drug-likeness (QED) is 0.830. The maximum Gasteiger partial charge on any atom is 0.329 e. The van der Waals surface area contributed by atoms with E-state index in [-0.39, 0.29) is 11.8 Å². The summed E-state index contributed by atoms with van der Waals surface area (Å²) >= 11 is 0. The fourth-order valence-electron chi connectivity index (χ4n) is 3.50. The molecule has 0 bridgehead atoms. The average Bonchev–Trinajstić information content (AvgIpc) is 3.04. The van der Waals surface area contributed by atoms with Crippen molar-refractivity contribution in [1.82, 2.24) is 20.5 Å². The van der Waals surface area contributed by atoms with Gasteiger partial charge in [-0.05, 0) is 29.8 Å². The molecule has 0 spiro atoms. The SMILES string of the molecule is CN1C=C(C(=O)NCc2ccncc2)C2NC(=O)N(c3ccccc3)C(=O)C21. The summed E-state index contributed by atoms with van der Waals surface area (Å²) in [7, 11) is 1.72. The Hall–Kier alpha value is -3.68. The van der Waals surface area contributed by atoms with Crippen LogP contribution in [0.2, 0.25) is 0 Å². The zero-order chi connectivity index (χ0) is 19.7. The average molecular weight is 377 g/mol. The zero-order valence-electron chi connectivity index (χ0n) is 15.2. The molecule has 2 atom stereocenters. The Kier molecular flexibility index (Phi) is 4.52. The minimum absolute atomic E-state index is 0.322. The Bertz CT molecular complexity index is 945. The van der Waals surface area contributed by atoms with Crippen molar-refractivity contribution in [2.75, 3.05) is 11.9 Å². The highest BCUT2D eigenvalue weighted by molar-refractivity contribution is 6.19. The van der Waals surface area contributed by atoms with E-state index in [9.17, 15) is 14.4 Å². The summed E-state index contributed by atoms with van der Waals surface area (Å²) in [6.45, 7) is 0.331. The molecule has 2 aliphatic rings. The first-order valence-electron chi connectivity index (χ1n) is 8.86. The summed E-state index contributed by atoms with van der Waals surface area (Å²) in [6.07, 6.45) is 4.92. The number of benzene rings is 1. The molecule has 2 unspecified atom stereocenters. The second kappa shape index (κ2) is 7.15. The minimum Gasteiger partial charge on any atom is -0.366 e. The number of pyridine rings is 1. The van der Waals surface area contributed by atoms with Crippen LogP contribution in [0.4, 0.5) is 10.5 Å². The second-order valence-corrected chi connectivity index (χ2v) is 6.67. The lowest BCUT2D eigenvalue weighted by atomic mass is 9.99. The van der Waals surface area contributed by atoms with Crippen molar-refractivity contribution in [3.05, 3.63) is 72.2 Å². The maximum atomic E-state index is 13.0. The minimum atomic E-state index is -0.692. The van der Waals surface area contributed by atoms with Gasteiger partial charge in [-0.1, -0.05) is 18.2 Å². The highest BCUT2D eigenvalue weighted by Gasteiger charge is 2.49. The molecule has 1 aromatic carbocycles. The number of urea groups is 1. The van der Waals surface area contributed by atoms with Crippen molar-refractivity contribution in [1.29, 1.82) is 0 Å². The normalized spacial score (nSPS) is 21.1. The fraction of sp³-hybridized carbons (Fsp3) is 0.200. The van der Waals surface area contributed by atoms with Gasteiger partial charge in [0.2, 0.25) is 0 Å². The van der Waals surface area contributed by atoms with Crippen LogP contribution in [0.25, 0.3) is 0 Å². The molecule has 1 fully saturated rings. The van der Waals surface area contributed by atoms with E-state index in [2.05, 4.69) is 15.6 Å². The third kappa shape index (κ3) is 3.09. The third-order valence-electron chi connectivity index (χ3n) is 4.87. The van der Waals surface area contributed by atoms with Crippen LogP contribution in [0, 0.1) is 0 Å². The van der Waals surface area contributed by atoms with Crippen molar-refractivity contribution < 1.29 is 14.4 Å². The van der Waals surface area contributed by atoms with Gasteiger partial charge < -0.3 is 15.5 Å². The molecule has 4 rings (SSSR count). The predicted molar refractivity (Wildman–Crippen MR) is 102 cm³/mol. The van der Waals surface area contributed by atoms with Gasteiger partial charge in [0.25, 0.3) is 11.8 Å². The number of nitrogens with one attached hydrogen (secondary N) is 2. The molecule has 0 saturated carbocycles. The number of imide groups is 1. The van der Waals surface area contributed by atoms with E-state index in [4.69, 9.17) is 0 Å². The summed E-state index contributed by atoms with van der Waals surface area (Å²) < 4.78 is 0. The van der Waals surface area contributed by atoms with Crippen LogP contribution in [0.3, 0.4) is 0 Å². The molecular formula is C20H19N5O3. The lowest BCUT2D eigenvalue weighted by Gasteiger charge is -2.37. The number of hydrogen-bond donors (Lipinski definition) is 2. The van der Waals surface area contributed by atoms with Gasteiger partial charge in [0.15, 0.2) is 0 Å². The summed E-state index contributed by atoms with van der Waals surface area (Å²) in [6, 6.07) is 10.4. The van der Waals surface area contributed by atoms with Gasteiger partial charge in [0, 0.05) is 32.2 Å². The zero-order valence-corrected chi connectivity index (χ0v) is 15.2. The highest BCUT2D eigenvalue weighted by Crippen LogP contribution is 2.29. The van der Waals surface area contributed by atoms with Crippen molar-refractivity contribution >= 4 is 23.5 Å². The molecule has 142 valence electrons. The van der Waals surface area contributed by atoms with Crippen molar-refractivity contribution in [3.63, 3.8) is 0 Å². The molecule has 28 heavy (non-hydrogen) atoms. The van der Waals surface area contributed by atoms with Crippen LogP contribution in [-0.4, -0.2) is 46.9 Å². The topological polar surface area (TPSA) is 94.6 Å². The number of para-hydroxylation sites is 1. The molecule has 8 nitrogen and oxygen atoms in total. The van der Waals surface area contributed by atoms with E-state index >= 15 is 0 Å². The van der Waals surface area contributed by atoms with Gasteiger partial charge >= 0.3 is 6.03 Å². The first-order chi connectivity index (χ1) is 13.6. The summed E-state index contributed by atoms with van der Waals surface area (Å²) in [5.41, 5.74) is 1.76. The standard InChI is InChI=1S/C20H19N5O3/c1-24-12-15(18(26)22-11-13-7-9-21-10-8-13)16-17(24)19(27)25(20(28)23-16)14-5-3-2-4-6-14/h2-10,12,16-17H,11H2,1H3,(H,22,26)(H,23,28). The number of likely N-dealkylation sites (N-methyl/N-ethyl adjacent to an activating group) is 1. The molecule has 2 aliphatic heterocycles. The van der Waals surface area contributed by atoms with Gasteiger partial charge in [0.1, 0.15) is 6.04 Å². The van der Waals surface area contributed by atoms with Crippen LogP contribution in [0.1, 0.15) is 5.56 Å². The first kappa shape index (κ1) is 17.7.